The summed E-state index contributed by atoms with van der Waals surface area (Å²) >= 11 is 5.77. The monoisotopic (exact) mass is 443 g/mol. The van der Waals surface area contributed by atoms with Crippen LogP contribution < -0.4 is 5.32 Å². The van der Waals surface area contributed by atoms with Gasteiger partial charge in [0.2, 0.25) is 0 Å². The number of nitrogens with one attached hydrogen (secondary N) is 1. The van der Waals surface area contributed by atoms with E-state index in [2.05, 4.69) is 20.6 Å². The molecule has 31 heavy (non-hydrogen) atoms. The van der Waals surface area contributed by atoms with Gasteiger partial charge in [-0.05, 0) is 42.8 Å². The van der Waals surface area contributed by atoms with Crippen molar-refractivity contribution in [2.24, 2.45) is 0 Å². The Morgan fingerprint density at radius 3 is 2.58 bits per heavy atom. The highest BCUT2D eigenvalue weighted by molar-refractivity contribution is 6.31. The number of halogens is 3. The summed E-state index contributed by atoms with van der Waals surface area (Å²) in [5, 5.41) is 15.3. The molecule has 0 radical (unpaired) electrons. The van der Waals surface area contributed by atoms with E-state index in [0.29, 0.717) is 33.8 Å². The molecule has 0 bridgehead atoms. The molecular weight excluding hydrogens is 428 g/mol. The molecule has 1 N–H and O–H groups in total. The fourth-order valence-corrected chi connectivity index (χ4v) is 3.35. The molecule has 1 amide bonds. The summed E-state index contributed by atoms with van der Waals surface area (Å²) in [6, 6.07) is 9.74. The van der Waals surface area contributed by atoms with Crippen molar-refractivity contribution in [1.82, 2.24) is 19.8 Å². The lowest BCUT2D eigenvalue weighted by Gasteiger charge is -2.08. The highest BCUT2D eigenvalue weighted by atomic mass is 35.5. The van der Waals surface area contributed by atoms with Gasteiger partial charge in [0.15, 0.2) is 11.3 Å². The smallest absolute Gasteiger partial charge is 0.278 e. The fraction of sp³-hybridized carbons (Fsp3) is 0.143. The third-order valence-electron chi connectivity index (χ3n) is 4.65. The Morgan fingerprint density at radius 1 is 1.16 bits per heavy atom. The Bertz CT molecular complexity index is 1290. The van der Waals surface area contributed by atoms with Gasteiger partial charge in [-0.3, -0.25) is 4.79 Å². The molecule has 0 saturated carbocycles. The molecule has 10 heteroatoms. The van der Waals surface area contributed by atoms with E-state index < -0.39 is 11.7 Å². The lowest BCUT2D eigenvalue weighted by Crippen LogP contribution is -2.18. The number of aromatic nitrogens is 4. The number of hydrogen-bond acceptors (Lipinski definition) is 5. The maximum atomic E-state index is 13.4. The fourth-order valence-electron chi connectivity index (χ4n) is 3.17. The zero-order valence-corrected chi connectivity index (χ0v) is 17.2. The van der Waals surface area contributed by atoms with Crippen LogP contribution in [-0.4, -0.2) is 32.8 Å². The summed E-state index contributed by atoms with van der Waals surface area (Å²) in [5.41, 5.74) is 3.06. The van der Waals surface area contributed by atoms with E-state index in [4.69, 9.17) is 16.3 Å². The third-order valence-corrected chi connectivity index (χ3v) is 4.93. The SMILES string of the molecule is COCc1nn2c(C)c(C(=O)Nc3ccc(F)c(Cl)c3)nnc2c1-c1ccc(F)cc1. The van der Waals surface area contributed by atoms with Crippen molar-refractivity contribution >= 4 is 28.8 Å². The van der Waals surface area contributed by atoms with E-state index >= 15 is 0 Å². The number of aryl methyl sites for hydroxylation is 1. The number of amides is 1. The van der Waals surface area contributed by atoms with Crippen LogP contribution in [0.25, 0.3) is 16.8 Å². The Kier molecular flexibility index (Phi) is 5.62. The quantitative estimate of drug-likeness (QED) is 0.493. The van der Waals surface area contributed by atoms with E-state index in [1.807, 2.05) is 0 Å². The molecule has 0 unspecified atom stereocenters. The number of anilines is 1. The average Bonchev–Trinajstić information content (AvgIpc) is 3.11. The van der Waals surface area contributed by atoms with Crippen LogP contribution in [0.5, 0.6) is 0 Å². The van der Waals surface area contributed by atoms with Crippen LogP contribution in [0.3, 0.4) is 0 Å². The van der Waals surface area contributed by atoms with Crippen LogP contribution in [0.4, 0.5) is 14.5 Å². The first-order valence-electron chi connectivity index (χ1n) is 9.15. The number of ether oxygens (including phenoxy) is 1. The van der Waals surface area contributed by atoms with Crippen LogP contribution >= 0.6 is 11.6 Å². The van der Waals surface area contributed by atoms with Crippen molar-refractivity contribution in [2.75, 3.05) is 12.4 Å². The second-order valence-electron chi connectivity index (χ2n) is 6.71. The number of methoxy groups -OCH3 is 1. The largest absolute Gasteiger partial charge is 0.378 e. The Hall–Kier alpha value is -3.43. The molecule has 2 aromatic heterocycles. The molecule has 0 aliphatic heterocycles. The number of benzene rings is 2. The maximum Gasteiger partial charge on any atom is 0.278 e. The molecule has 7 nitrogen and oxygen atoms in total. The minimum Gasteiger partial charge on any atom is -0.378 e. The molecule has 2 heterocycles. The number of rotatable bonds is 5. The molecule has 4 aromatic rings. The lowest BCUT2D eigenvalue weighted by molar-refractivity contribution is 0.102. The Balaban J connectivity index is 1.77. The zero-order valence-electron chi connectivity index (χ0n) is 16.5. The summed E-state index contributed by atoms with van der Waals surface area (Å²) in [5.74, 6) is -1.51. The minimum absolute atomic E-state index is 0.0325. The average molecular weight is 444 g/mol. The number of nitrogens with zero attached hydrogens (tertiary/aromatic N) is 4. The maximum absolute atomic E-state index is 13.4. The number of carbonyl (C=O) groups excluding carboxylic acids is 1. The van der Waals surface area contributed by atoms with Crippen LogP contribution in [0.15, 0.2) is 42.5 Å². The van der Waals surface area contributed by atoms with Crippen LogP contribution in [0.1, 0.15) is 21.9 Å². The highest BCUT2D eigenvalue weighted by Crippen LogP contribution is 2.29. The summed E-state index contributed by atoms with van der Waals surface area (Å²) in [6.07, 6.45) is 0. The first-order valence-corrected chi connectivity index (χ1v) is 9.53. The molecule has 0 spiro atoms. The van der Waals surface area contributed by atoms with Gasteiger partial charge in [0.05, 0.1) is 28.6 Å². The second kappa shape index (κ2) is 8.37. The molecular formula is C21H16ClF2N5O2. The van der Waals surface area contributed by atoms with Crippen molar-refractivity contribution < 1.29 is 18.3 Å². The predicted octanol–water partition coefficient (Wildman–Crippen LogP) is 4.43. The molecule has 158 valence electrons. The van der Waals surface area contributed by atoms with Crippen molar-refractivity contribution in [3.63, 3.8) is 0 Å². The van der Waals surface area contributed by atoms with Gasteiger partial charge < -0.3 is 10.1 Å². The predicted molar refractivity (Wildman–Crippen MR) is 111 cm³/mol. The zero-order chi connectivity index (χ0) is 22.1. The van der Waals surface area contributed by atoms with E-state index in [1.54, 1.807) is 19.1 Å². The van der Waals surface area contributed by atoms with E-state index in [-0.39, 0.29) is 23.1 Å². The van der Waals surface area contributed by atoms with Crippen LogP contribution in [0, 0.1) is 18.6 Å². The minimum atomic E-state index is -0.590. The first-order chi connectivity index (χ1) is 14.9. The van der Waals surface area contributed by atoms with Gasteiger partial charge in [0.25, 0.3) is 5.91 Å². The summed E-state index contributed by atoms with van der Waals surface area (Å²) in [7, 11) is 1.53. The van der Waals surface area contributed by atoms with Crippen molar-refractivity contribution in [1.29, 1.82) is 0 Å². The number of fused-ring (bicyclic) bond motifs is 1. The van der Waals surface area contributed by atoms with Gasteiger partial charge in [-0.15, -0.1) is 10.2 Å². The lowest BCUT2D eigenvalue weighted by atomic mass is 10.1. The van der Waals surface area contributed by atoms with E-state index in [0.717, 1.165) is 6.07 Å². The molecule has 0 atom stereocenters. The second-order valence-corrected chi connectivity index (χ2v) is 7.12. The van der Waals surface area contributed by atoms with Gasteiger partial charge >= 0.3 is 0 Å². The third kappa shape index (κ3) is 3.97. The van der Waals surface area contributed by atoms with Gasteiger partial charge in [-0.25, -0.2) is 13.3 Å². The van der Waals surface area contributed by atoms with E-state index in [1.165, 1.54) is 35.9 Å². The van der Waals surface area contributed by atoms with Gasteiger partial charge in [-0.2, -0.15) is 5.10 Å². The van der Waals surface area contributed by atoms with Crippen molar-refractivity contribution in [2.45, 2.75) is 13.5 Å². The number of carbonyl (C=O) groups is 1. The normalized spacial score (nSPS) is 11.1. The van der Waals surface area contributed by atoms with E-state index in [9.17, 15) is 13.6 Å². The van der Waals surface area contributed by atoms with Crippen molar-refractivity contribution in [3.05, 3.63) is 76.2 Å². The number of hydrogen-bond donors (Lipinski definition) is 1. The van der Waals surface area contributed by atoms with Crippen LogP contribution in [0.2, 0.25) is 5.02 Å². The molecule has 0 saturated heterocycles. The molecule has 0 aliphatic rings. The summed E-state index contributed by atoms with van der Waals surface area (Å²) in [6.45, 7) is 1.86. The highest BCUT2D eigenvalue weighted by Gasteiger charge is 2.22. The van der Waals surface area contributed by atoms with Gasteiger partial charge in [-0.1, -0.05) is 23.7 Å². The van der Waals surface area contributed by atoms with Crippen molar-refractivity contribution in [3.8, 4) is 11.1 Å². The summed E-state index contributed by atoms with van der Waals surface area (Å²) < 4.78 is 33.5. The Morgan fingerprint density at radius 2 is 1.90 bits per heavy atom. The first kappa shape index (κ1) is 20.8. The van der Waals surface area contributed by atoms with Gasteiger partial charge in [0.1, 0.15) is 11.6 Å². The van der Waals surface area contributed by atoms with Crippen LogP contribution in [-0.2, 0) is 11.3 Å². The summed E-state index contributed by atoms with van der Waals surface area (Å²) in [4.78, 5) is 12.7. The standard InChI is InChI=1S/C21H16ClF2N5O2/c1-11-19(21(30)25-14-7-8-16(24)15(22)9-14)26-27-20-18(12-3-5-13(23)6-4-12)17(10-31-2)28-29(11)20/h3-9H,10H2,1-2H3,(H,25,30). The molecule has 0 fully saturated rings. The molecule has 2 aromatic carbocycles. The topological polar surface area (TPSA) is 81.4 Å². The Labute approximate surface area is 180 Å². The van der Waals surface area contributed by atoms with Gasteiger partial charge in [0, 0.05) is 12.8 Å². The molecule has 4 rings (SSSR count). The molecule has 0 aliphatic carbocycles.